The molecule has 2 rings (SSSR count). The molecular formula is C12H15F2NO3. The van der Waals surface area contributed by atoms with Crippen molar-refractivity contribution in [2.24, 2.45) is 0 Å². The van der Waals surface area contributed by atoms with E-state index in [1.165, 1.54) is 13.2 Å². The number of hydrogen-bond acceptors (Lipinski definition) is 4. The van der Waals surface area contributed by atoms with Crippen LogP contribution in [0.2, 0.25) is 0 Å². The summed E-state index contributed by atoms with van der Waals surface area (Å²) < 4.78 is 39.1. The lowest BCUT2D eigenvalue weighted by Gasteiger charge is -2.15. The molecule has 100 valence electrons. The Bertz CT molecular complexity index is 395. The second kappa shape index (κ2) is 5.86. The number of rotatable bonds is 5. The van der Waals surface area contributed by atoms with Gasteiger partial charge >= 0.3 is 6.61 Å². The van der Waals surface area contributed by atoms with Crippen molar-refractivity contribution in [3.63, 3.8) is 0 Å². The van der Waals surface area contributed by atoms with E-state index in [2.05, 4.69) is 10.1 Å². The first-order chi connectivity index (χ1) is 8.69. The summed E-state index contributed by atoms with van der Waals surface area (Å²) in [5.41, 5.74) is 0.710. The van der Waals surface area contributed by atoms with Crippen LogP contribution in [0.5, 0.6) is 11.5 Å². The maximum Gasteiger partial charge on any atom is 0.387 e. The Morgan fingerprint density at radius 2 is 2.22 bits per heavy atom. The maximum absolute atomic E-state index is 12.3. The highest BCUT2D eigenvalue weighted by molar-refractivity contribution is 5.55. The number of anilines is 1. The zero-order chi connectivity index (χ0) is 13.0. The summed E-state index contributed by atoms with van der Waals surface area (Å²) in [5, 5.41) is 3.20. The average Bonchev–Trinajstić information content (AvgIpc) is 2.81. The molecule has 0 aliphatic carbocycles. The molecule has 1 aromatic rings. The van der Waals surface area contributed by atoms with Gasteiger partial charge in [-0.25, -0.2) is 0 Å². The third-order valence-electron chi connectivity index (χ3n) is 2.68. The van der Waals surface area contributed by atoms with E-state index in [-0.39, 0.29) is 17.5 Å². The van der Waals surface area contributed by atoms with Gasteiger partial charge in [0.25, 0.3) is 0 Å². The molecule has 1 saturated heterocycles. The molecule has 1 aromatic carbocycles. The highest BCUT2D eigenvalue weighted by Crippen LogP contribution is 2.32. The van der Waals surface area contributed by atoms with E-state index in [1.807, 2.05) is 0 Å². The van der Waals surface area contributed by atoms with Crippen molar-refractivity contribution in [3.05, 3.63) is 18.2 Å². The van der Waals surface area contributed by atoms with Gasteiger partial charge in [-0.3, -0.25) is 0 Å². The van der Waals surface area contributed by atoms with Gasteiger partial charge in [0.1, 0.15) is 0 Å². The fourth-order valence-electron chi connectivity index (χ4n) is 1.84. The van der Waals surface area contributed by atoms with Gasteiger partial charge in [0.05, 0.1) is 19.8 Å². The summed E-state index contributed by atoms with van der Waals surface area (Å²) in [6.45, 7) is -1.53. The second-order valence-corrected chi connectivity index (χ2v) is 3.95. The first-order valence-corrected chi connectivity index (χ1v) is 5.66. The summed E-state index contributed by atoms with van der Waals surface area (Å²) >= 11 is 0. The largest absolute Gasteiger partial charge is 0.493 e. The van der Waals surface area contributed by atoms with Crippen molar-refractivity contribution in [1.82, 2.24) is 0 Å². The molecule has 0 amide bonds. The van der Waals surface area contributed by atoms with Crippen molar-refractivity contribution < 1.29 is 23.0 Å². The molecule has 1 unspecified atom stereocenters. The Kier molecular flexibility index (Phi) is 4.19. The van der Waals surface area contributed by atoms with Crippen molar-refractivity contribution in [2.75, 3.05) is 25.6 Å². The molecule has 1 N–H and O–H groups in total. The lowest BCUT2D eigenvalue weighted by molar-refractivity contribution is -0.0511. The first kappa shape index (κ1) is 12.9. The molecule has 0 bridgehead atoms. The summed E-state index contributed by atoms with van der Waals surface area (Å²) in [6.07, 6.45) is 0.900. The van der Waals surface area contributed by atoms with Gasteiger partial charge in [-0.2, -0.15) is 8.78 Å². The van der Waals surface area contributed by atoms with E-state index in [9.17, 15) is 8.78 Å². The maximum atomic E-state index is 12.3. The molecule has 18 heavy (non-hydrogen) atoms. The van der Waals surface area contributed by atoms with Crippen LogP contribution < -0.4 is 14.8 Å². The summed E-state index contributed by atoms with van der Waals surface area (Å²) in [7, 11) is 1.41. The van der Waals surface area contributed by atoms with Crippen LogP contribution in [-0.2, 0) is 4.74 Å². The number of benzene rings is 1. The van der Waals surface area contributed by atoms with Crippen molar-refractivity contribution >= 4 is 5.69 Å². The molecule has 1 aliphatic rings. The third-order valence-corrected chi connectivity index (χ3v) is 2.68. The van der Waals surface area contributed by atoms with Crippen LogP contribution in [0.25, 0.3) is 0 Å². The highest BCUT2D eigenvalue weighted by Gasteiger charge is 2.17. The molecule has 1 fully saturated rings. The topological polar surface area (TPSA) is 39.7 Å². The number of nitrogens with one attached hydrogen (secondary N) is 1. The molecule has 4 nitrogen and oxygen atoms in total. The van der Waals surface area contributed by atoms with Gasteiger partial charge < -0.3 is 19.5 Å². The molecule has 0 aromatic heterocycles. The molecule has 0 radical (unpaired) electrons. The minimum absolute atomic E-state index is 0.0245. The van der Waals surface area contributed by atoms with Crippen molar-refractivity contribution in [1.29, 1.82) is 0 Å². The molecule has 1 aliphatic heterocycles. The monoisotopic (exact) mass is 259 g/mol. The number of ether oxygens (including phenoxy) is 3. The highest BCUT2D eigenvalue weighted by atomic mass is 19.3. The van der Waals surface area contributed by atoms with E-state index in [1.54, 1.807) is 12.1 Å². The Morgan fingerprint density at radius 1 is 1.39 bits per heavy atom. The Labute approximate surface area is 104 Å². The fourth-order valence-corrected chi connectivity index (χ4v) is 1.84. The lowest BCUT2D eigenvalue weighted by atomic mass is 10.2. The van der Waals surface area contributed by atoms with Gasteiger partial charge in [-0.15, -0.1) is 0 Å². The molecule has 1 heterocycles. The molecule has 0 spiro atoms. The van der Waals surface area contributed by atoms with Gasteiger partial charge in [-0.05, 0) is 18.6 Å². The quantitative estimate of drug-likeness (QED) is 0.882. The molecule has 0 saturated carbocycles. The number of methoxy groups -OCH3 is 1. The molecule has 6 heteroatoms. The normalized spacial score (nSPS) is 19.0. The zero-order valence-electron chi connectivity index (χ0n) is 9.99. The number of hydrogen-bond donors (Lipinski definition) is 1. The van der Waals surface area contributed by atoms with E-state index in [0.717, 1.165) is 6.42 Å². The number of alkyl halides is 2. The Morgan fingerprint density at radius 3 is 2.83 bits per heavy atom. The lowest BCUT2D eigenvalue weighted by Crippen LogP contribution is -2.18. The van der Waals surface area contributed by atoms with Gasteiger partial charge in [-0.1, -0.05) is 0 Å². The molecular weight excluding hydrogens is 244 g/mol. The summed E-state index contributed by atoms with van der Waals surface area (Å²) in [6, 6.07) is 5.06. The van der Waals surface area contributed by atoms with Crippen LogP contribution in [0.15, 0.2) is 18.2 Å². The second-order valence-electron chi connectivity index (χ2n) is 3.95. The fraction of sp³-hybridized carbons (Fsp3) is 0.500. The van der Waals surface area contributed by atoms with Crippen LogP contribution >= 0.6 is 0 Å². The van der Waals surface area contributed by atoms with Crippen LogP contribution in [-0.4, -0.2) is 33.0 Å². The van der Waals surface area contributed by atoms with Crippen molar-refractivity contribution in [2.45, 2.75) is 19.1 Å². The Balaban J connectivity index is 2.10. The van der Waals surface area contributed by atoms with E-state index in [0.29, 0.717) is 18.9 Å². The van der Waals surface area contributed by atoms with Crippen LogP contribution in [0.3, 0.4) is 0 Å². The van der Waals surface area contributed by atoms with Gasteiger partial charge in [0.2, 0.25) is 0 Å². The average molecular weight is 259 g/mol. The minimum Gasteiger partial charge on any atom is -0.493 e. The Hall–Kier alpha value is -1.56. The van der Waals surface area contributed by atoms with Crippen LogP contribution in [0, 0.1) is 0 Å². The van der Waals surface area contributed by atoms with Gasteiger partial charge in [0, 0.05) is 18.4 Å². The smallest absolute Gasteiger partial charge is 0.387 e. The summed E-state index contributed by atoms with van der Waals surface area (Å²) in [5.74, 6) is 0.305. The van der Waals surface area contributed by atoms with E-state index in [4.69, 9.17) is 9.47 Å². The predicted octanol–water partition coefficient (Wildman–Crippen LogP) is 2.50. The standard InChI is InChI=1S/C12H15F2NO3/c1-16-10-3-2-8(6-11(10)18-12(13)14)15-9-4-5-17-7-9/h2-3,6,9,12,15H,4-5,7H2,1H3. The predicted molar refractivity (Wildman–Crippen MR) is 62.5 cm³/mol. The van der Waals surface area contributed by atoms with Crippen LogP contribution in [0.1, 0.15) is 6.42 Å². The van der Waals surface area contributed by atoms with Crippen LogP contribution in [0.4, 0.5) is 14.5 Å². The van der Waals surface area contributed by atoms with E-state index < -0.39 is 6.61 Å². The zero-order valence-corrected chi connectivity index (χ0v) is 9.99. The van der Waals surface area contributed by atoms with Crippen molar-refractivity contribution in [3.8, 4) is 11.5 Å². The van der Waals surface area contributed by atoms with E-state index >= 15 is 0 Å². The minimum atomic E-state index is -2.87. The van der Waals surface area contributed by atoms with Gasteiger partial charge in [0.15, 0.2) is 11.5 Å². The molecule has 1 atom stereocenters. The summed E-state index contributed by atoms with van der Waals surface area (Å²) in [4.78, 5) is 0. The third kappa shape index (κ3) is 3.22. The number of halogens is 2. The first-order valence-electron chi connectivity index (χ1n) is 5.66. The SMILES string of the molecule is COc1ccc(NC2CCOC2)cc1OC(F)F.